The van der Waals surface area contributed by atoms with Crippen LogP contribution in [0.2, 0.25) is 0 Å². The van der Waals surface area contributed by atoms with Gasteiger partial charge in [0.2, 0.25) is 5.91 Å². The number of amides is 2. The summed E-state index contributed by atoms with van der Waals surface area (Å²) in [5.74, 6) is -1.12. The summed E-state index contributed by atoms with van der Waals surface area (Å²) in [5, 5.41) is 17.9. The highest BCUT2D eigenvalue weighted by Gasteiger charge is 2.40. The van der Waals surface area contributed by atoms with Crippen LogP contribution in [-0.4, -0.2) is 58.7 Å². The molecule has 2 heterocycles. The number of rotatable bonds is 6. The molecule has 2 atom stereocenters. The molecule has 0 bridgehead atoms. The van der Waals surface area contributed by atoms with E-state index >= 15 is 0 Å². The predicted molar refractivity (Wildman–Crippen MR) is 98.2 cm³/mol. The number of hydrogen-bond acceptors (Lipinski definition) is 5. The van der Waals surface area contributed by atoms with Gasteiger partial charge in [-0.2, -0.15) is 5.10 Å². The zero-order chi connectivity index (χ0) is 19.0. The van der Waals surface area contributed by atoms with Crippen molar-refractivity contribution in [3.63, 3.8) is 0 Å². The second kappa shape index (κ2) is 7.02. The molecule has 142 valence electrons. The summed E-state index contributed by atoms with van der Waals surface area (Å²) in [7, 11) is 0. The summed E-state index contributed by atoms with van der Waals surface area (Å²) in [5.41, 5.74) is 0.837. The summed E-state index contributed by atoms with van der Waals surface area (Å²) in [6.45, 7) is 1.08. The van der Waals surface area contributed by atoms with Crippen LogP contribution < -0.4 is 10.3 Å². The van der Waals surface area contributed by atoms with Gasteiger partial charge in [0.1, 0.15) is 5.71 Å². The van der Waals surface area contributed by atoms with Gasteiger partial charge in [-0.15, -0.1) is 0 Å². The fraction of sp³-hybridized carbons (Fsp3) is 0.474. The molecule has 1 aromatic carbocycles. The number of carbonyl (C=O) groups is 3. The number of carbonyl (C=O) groups excluding carboxylic acids is 2. The van der Waals surface area contributed by atoms with Crippen molar-refractivity contribution in [3.8, 4) is 0 Å². The number of nitrogens with one attached hydrogen (secondary N) is 1. The maximum absolute atomic E-state index is 12.5. The van der Waals surface area contributed by atoms with Crippen LogP contribution in [0.25, 0.3) is 0 Å². The Morgan fingerprint density at radius 1 is 1.19 bits per heavy atom. The van der Waals surface area contributed by atoms with Gasteiger partial charge in [0.25, 0.3) is 5.91 Å². The van der Waals surface area contributed by atoms with E-state index in [0.717, 1.165) is 12.8 Å². The fourth-order valence-electron chi connectivity index (χ4n) is 3.68. The van der Waals surface area contributed by atoms with Crippen molar-refractivity contribution in [3.05, 3.63) is 30.3 Å². The number of aliphatic carboxylic acids is 1. The van der Waals surface area contributed by atoms with Crippen molar-refractivity contribution in [2.24, 2.45) is 11.0 Å². The van der Waals surface area contributed by atoms with E-state index in [1.807, 2.05) is 11.0 Å². The smallest absolute Gasteiger partial charge is 0.328 e. The Bertz CT molecular complexity index is 790. The molecule has 0 radical (unpaired) electrons. The third-order valence-electron chi connectivity index (χ3n) is 5.26. The van der Waals surface area contributed by atoms with E-state index in [1.165, 1.54) is 5.01 Å². The topological polar surface area (TPSA) is 102 Å². The summed E-state index contributed by atoms with van der Waals surface area (Å²) < 4.78 is 0. The van der Waals surface area contributed by atoms with Crippen LogP contribution in [0.4, 0.5) is 5.69 Å². The van der Waals surface area contributed by atoms with Crippen LogP contribution in [0.1, 0.15) is 25.7 Å². The van der Waals surface area contributed by atoms with Crippen molar-refractivity contribution in [1.82, 2.24) is 10.2 Å². The van der Waals surface area contributed by atoms with Crippen LogP contribution in [0.3, 0.4) is 0 Å². The zero-order valence-electron chi connectivity index (χ0n) is 14.9. The van der Waals surface area contributed by atoms with Crippen molar-refractivity contribution < 1.29 is 19.5 Å². The highest BCUT2D eigenvalue weighted by atomic mass is 16.4. The molecule has 1 aromatic rings. The fourth-order valence-corrected chi connectivity index (χ4v) is 3.68. The molecule has 2 unspecified atom stereocenters. The Balaban J connectivity index is 1.38. The average Bonchev–Trinajstić information content (AvgIpc) is 3.28. The summed E-state index contributed by atoms with van der Waals surface area (Å²) in [4.78, 5) is 38.0. The number of hydrogen-bond donors (Lipinski definition) is 2. The highest BCUT2D eigenvalue weighted by Crippen LogP contribution is 2.32. The van der Waals surface area contributed by atoms with Gasteiger partial charge in [-0.25, -0.2) is 4.79 Å². The zero-order valence-corrected chi connectivity index (χ0v) is 14.9. The number of likely N-dealkylation sites (tertiary alicyclic amines) is 1. The van der Waals surface area contributed by atoms with E-state index in [9.17, 15) is 19.5 Å². The maximum atomic E-state index is 12.5. The molecule has 0 aromatic heterocycles. The van der Waals surface area contributed by atoms with Crippen molar-refractivity contribution >= 4 is 29.2 Å². The Labute approximate surface area is 156 Å². The largest absolute Gasteiger partial charge is 0.480 e. The van der Waals surface area contributed by atoms with Gasteiger partial charge in [-0.05, 0) is 25.0 Å². The molecule has 1 aliphatic carbocycles. The van der Waals surface area contributed by atoms with Crippen LogP contribution in [0.15, 0.2) is 35.4 Å². The molecule has 2 N–H and O–H groups in total. The number of para-hydroxylation sites is 1. The molecule has 4 rings (SSSR count). The second-order valence-corrected chi connectivity index (χ2v) is 7.34. The lowest BCUT2D eigenvalue weighted by atomic mass is 10.1. The number of anilines is 1. The molecule has 2 fully saturated rings. The molecule has 2 aliphatic heterocycles. The Kier molecular flexibility index (Phi) is 4.55. The standard InChI is InChI=1S/C19H22N4O4/c24-17-8-12(11-22(17)13-6-7-13)10-20-18(25)15-9-16(19(26)27)23(21-15)14-4-2-1-3-5-14/h1-5,12-13,16H,6-11H2,(H,20,25)(H,26,27). The van der Waals surface area contributed by atoms with E-state index < -0.39 is 12.0 Å². The molecule has 0 spiro atoms. The lowest BCUT2D eigenvalue weighted by Crippen LogP contribution is -2.37. The van der Waals surface area contributed by atoms with Gasteiger partial charge < -0.3 is 15.3 Å². The van der Waals surface area contributed by atoms with Gasteiger partial charge in [0.05, 0.1) is 5.69 Å². The average molecular weight is 370 g/mol. The SMILES string of the molecule is O=C(NCC1CC(=O)N(C2CC2)C1)C1=NN(c2ccccc2)C(C(=O)O)C1. The molecule has 2 amide bonds. The quantitative estimate of drug-likeness (QED) is 0.772. The Hall–Kier alpha value is -2.90. The molecule has 27 heavy (non-hydrogen) atoms. The summed E-state index contributed by atoms with van der Waals surface area (Å²) in [6, 6.07) is 8.45. The minimum absolute atomic E-state index is 0.0495. The number of nitrogens with zero attached hydrogens (tertiary/aromatic N) is 3. The Morgan fingerprint density at radius 3 is 2.59 bits per heavy atom. The first-order valence-corrected chi connectivity index (χ1v) is 9.25. The van der Waals surface area contributed by atoms with Crippen molar-refractivity contribution in [2.45, 2.75) is 37.8 Å². The molecule has 8 nitrogen and oxygen atoms in total. The summed E-state index contributed by atoms with van der Waals surface area (Å²) in [6.07, 6.45) is 2.66. The first-order valence-electron chi connectivity index (χ1n) is 9.25. The monoisotopic (exact) mass is 370 g/mol. The van der Waals surface area contributed by atoms with Gasteiger partial charge in [0, 0.05) is 37.9 Å². The number of hydrazone groups is 1. The number of carboxylic acids is 1. The van der Waals surface area contributed by atoms with Gasteiger partial charge in [-0.3, -0.25) is 14.6 Å². The predicted octanol–water partition coefficient (Wildman–Crippen LogP) is 0.833. The third kappa shape index (κ3) is 3.65. The van der Waals surface area contributed by atoms with Crippen LogP contribution in [0, 0.1) is 5.92 Å². The maximum Gasteiger partial charge on any atom is 0.328 e. The number of carboxylic acid groups (broad SMARTS) is 1. The van der Waals surface area contributed by atoms with Gasteiger partial charge >= 0.3 is 5.97 Å². The van der Waals surface area contributed by atoms with E-state index in [0.29, 0.717) is 31.2 Å². The second-order valence-electron chi connectivity index (χ2n) is 7.34. The molecule has 8 heteroatoms. The summed E-state index contributed by atoms with van der Waals surface area (Å²) >= 11 is 0. The minimum atomic E-state index is -1.02. The molecule has 3 aliphatic rings. The first-order chi connectivity index (χ1) is 13.0. The van der Waals surface area contributed by atoms with Crippen LogP contribution >= 0.6 is 0 Å². The van der Waals surface area contributed by atoms with E-state index in [-0.39, 0.29) is 29.9 Å². The van der Waals surface area contributed by atoms with Gasteiger partial charge in [-0.1, -0.05) is 18.2 Å². The molecule has 1 saturated carbocycles. The van der Waals surface area contributed by atoms with Gasteiger partial charge in [0.15, 0.2) is 6.04 Å². The van der Waals surface area contributed by atoms with E-state index in [1.54, 1.807) is 24.3 Å². The minimum Gasteiger partial charge on any atom is -0.480 e. The normalized spacial score (nSPS) is 24.9. The van der Waals surface area contributed by atoms with Crippen molar-refractivity contribution in [2.75, 3.05) is 18.1 Å². The molecule has 1 saturated heterocycles. The highest BCUT2D eigenvalue weighted by molar-refractivity contribution is 6.40. The number of benzene rings is 1. The molecular weight excluding hydrogens is 348 g/mol. The van der Waals surface area contributed by atoms with E-state index in [4.69, 9.17) is 0 Å². The lowest BCUT2D eigenvalue weighted by molar-refractivity contribution is -0.138. The lowest BCUT2D eigenvalue weighted by Gasteiger charge is -2.19. The van der Waals surface area contributed by atoms with E-state index in [2.05, 4.69) is 10.4 Å². The third-order valence-corrected chi connectivity index (χ3v) is 5.26. The first kappa shape index (κ1) is 17.5. The molecular formula is C19H22N4O4. The van der Waals surface area contributed by atoms with Crippen molar-refractivity contribution in [1.29, 1.82) is 0 Å². The van der Waals surface area contributed by atoms with Crippen LogP contribution in [0.5, 0.6) is 0 Å². The Morgan fingerprint density at radius 2 is 1.93 bits per heavy atom. The van der Waals surface area contributed by atoms with Crippen LogP contribution in [-0.2, 0) is 14.4 Å².